The minimum absolute atomic E-state index is 0.0129. The Balaban J connectivity index is 1.39. The Morgan fingerprint density at radius 3 is 1.42 bits per heavy atom. The van der Waals surface area contributed by atoms with Crippen molar-refractivity contribution in [2.45, 2.75) is 0 Å². The van der Waals surface area contributed by atoms with Crippen LogP contribution in [0.25, 0.3) is 0 Å². The van der Waals surface area contributed by atoms with Crippen LogP contribution in [-0.4, -0.2) is 61.9 Å². The molecule has 3 aromatic carbocycles. The van der Waals surface area contributed by atoms with Crippen molar-refractivity contribution in [2.75, 3.05) is 27.4 Å². The van der Waals surface area contributed by atoms with E-state index in [0.29, 0.717) is 34.1 Å². The van der Waals surface area contributed by atoms with E-state index in [1.54, 1.807) is 48.5 Å². The Hall–Kier alpha value is -5.26. The van der Waals surface area contributed by atoms with E-state index < -0.39 is 11.8 Å². The summed E-state index contributed by atoms with van der Waals surface area (Å²) in [5.41, 5.74) is 5.34. The number of hydrogen-bond acceptors (Lipinski definition) is 10. The molecule has 0 spiro atoms. The molecule has 0 bridgehead atoms. The maximum atomic E-state index is 11.9. The normalized spacial score (nSPS) is 10.8. The Bertz CT molecular complexity index is 1210. The highest BCUT2D eigenvalue weighted by atomic mass is 16.5. The fourth-order valence-electron chi connectivity index (χ4n) is 2.87. The summed E-state index contributed by atoms with van der Waals surface area (Å²) in [6.07, 6.45) is 2.57. The fourth-order valence-corrected chi connectivity index (χ4v) is 2.87. The molecular formula is C26H26N4O8. The minimum Gasteiger partial charge on any atom is -0.507 e. The molecule has 198 valence electrons. The lowest BCUT2D eigenvalue weighted by Gasteiger charge is -2.08. The van der Waals surface area contributed by atoms with E-state index in [0.717, 1.165) is 0 Å². The van der Waals surface area contributed by atoms with Crippen molar-refractivity contribution in [3.8, 4) is 34.5 Å². The third kappa shape index (κ3) is 8.45. The molecule has 0 aliphatic rings. The van der Waals surface area contributed by atoms with Crippen LogP contribution < -0.4 is 29.8 Å². The van der Waals surface area contributed by atoms with Gasteiger partial charge >= 0.3 is 0 Å². The third-order valence-electron chi connectivity index (χ3n) is 4.82. The molecule has 3 aromatic rings. The number of carbonyl (C=O) groups is 2. The van der Waals surface area contributed by atoms with Gasteiger partial charge in [-0.25, -0.2) is 10.9 Å². The predicted octanol–water partition coefficient (Wildman–Crippen LogP) is 2.17. The average molecular weight is 523 g/mol. The van der Waals surface area contributed by atoms with Gasteiger partial charge in [0.05, 0.1) is 26.6 Å². The van der Waals surface area contributed by atoms with Crippen LogP contribution in [0.1, 0.15) is 11.1 Å². The van der Waals surface area contributed by atoms with Gasteiger partial charge in [0.1, 0.15) is 34.5 Å². The first kappa shape index (κ1) is 27.3. The second-order valence-corrected chi connectivity index (χ2v) is 7.48. The van der Waals surface area contributed by atoms with Crippen molar-refractivity contribution in [1.82, 2.24) is 10.9 Å². The smallest absolute Gasteiger partial charge is 0.277 e. The molecule has 0 aromatic heterocycles. The highest BCUT2D eigenvalue weighted by molar-refractivity contribution is 5.86. The highest BCUT2D eigenvalue weighted by Crippen LogP contribution is 2.22. The Morgan fingerprint density at radius 1 is 0.684 bits per heavy atom. The largest absolute Gasteiger partial charge is 0.507 e. The number of hydrazone groups is 2. The summed E-state index contributed by atoms with van der Waals surface area (Å²) < 4.78 is 20.9. The molecule has 38 heavy (non-hydrogen) atoms. The van der Waals surface area contributed by atoms with E-state index in [-0.39, 0.29) is 24.7 Å². The molecule has 3 rings (SSSR count). The number of phenols is 2. The summed E-state index contributed by atoms with van der Waals surface area (Å²) in [6, 6.07) is 15.5. The van der Waals surface area contributed by atoms with E-state index in [1.165, 1.54) is 38.8 Å². The van der Waals surface area contributed by atoms with Crippen LogP contribution in [0.4, 0.5) is 0 Å². The number of methoxy groups -OCH3 is 2. The van der Waals surface area contributed by atoms with E-state index in [2.05, 4.69) is 21.1 Å². The van der Waals surface area contributed by atoms with Crippen LogP contribution in [0.2, 0.25) is 0 Å². The highest BCUT2D eigenvalue weighted by Gasteiger charge is 2.06. The lowest BCUT2D eigenvalue weighted by molar-refractivity contribution is -0.123. The first-order chi connectivity index (χ1) is 18.4. The van der Waals surface area contributed by atoms with Gasteiger partial charge < -0.3 is 29.2 Å². The Kier molecular flexibility index (Phi) is 9.87. The molecule has 0 unspecified atom stereocenters. The van der Waals surface area contributed by atoms with Crippen LogP contribution >= 0.6 is 0 Å². The van der Waals surface area contributed by atoms with Gasteiger partial charge in [0, 0.05) is 11.1 Å². The lowest BCUT2D eigenvalue weighted by Crippen LogP contribution is -2.25. The monoisotopic (exact) mass is 522 g/mol. The number of benzene rings is 3. The molecule has 2 amide bonds. The number of aromatic hydroxyl groups is 2. The van der Waals surface area contributed by atoms with E-state index in [4.69, 9.17) is 18.9 Å². The molecule has 0 aliphatic heterocycles. The zero-order chi connectivity index (χ0) is 27.3. The van der Waals surface area contributed by atoms with Crippen molar-refractivity contribution in [3.05, 3.63) is 71.8 Å². The second kappa shape index (κ2) is 13.7. The molecule has 0 atom stereocenters. The van der Waals surface area contributed by atoms with Crippen molar-refractivity contribution in [2.24, 2.45) is 10.2 Å². The summed E-state index contributed by atoms with van der Waals surface area (Å²) >= 11 is 0. The maximum absolute atomic E-state index is 11.9. The van der Waals surface area contributed by atoms with Crippen molar-refractivity contribution >= 4 is 24.2 Å². The summed E-state index contributed by atoms with van der Waals surface area (Å²) in [6.45, 7) is -0.601. The quantitative estimate of drug-likeness (QED) is 0.208. The van der Waals surface area contributed by atoms with Gasteiger partial charge in [-0.05, 0) is 60.7 Å². The van der Waals surface area contributed by atoms with Gasteiger partial charge in [-0.1, -0.05) is 0 Å². The number of amides is 2. The van der Waals surface area contributed by atoms with Crippen LogP contribution in [0.3, 0.4) is 0 Å². The number of nitrogens with one attached hydrogen (secondary N) is 2. The van der Waals surface area contributed by atoms with Crippen molar-refractivity contribution < 1.29 is 38.7 Å². The van der Waals surface area contributed by atoms with Gasteiger partial charge in [-0.3, -0.25) is 9.59 Å². The molecule has 0 heterocycles. The third-order valence-corrected chi connectivity index (χ3v) is 4.82. The molecule has 0 aliphatic carbocycles. The SMILES string of the molecule is COc1ccc(O)c(/C=N/NC(=O)COc2ccc(OCC(=O)N/N=C/c3cc(OC)ccc3O)cc2)c1. The first-order valence-corrected chi connectivity index (χ1v) is 11.1. The number of ether oxygens (including phenoxy) is 4. The molecule has 4 N–H and O–H groups in total. The Labute approximate surface area is 218 Å². The van der Waals surface area contributed by atoms with E-state index in [1.807, 2.05) is 0 Å². The first-order valence-electron chi connectivity index (χ1n) is 11.1. The average Bonchev–Trinajstić information content (AvgIpc) is 2.93. The van der Waals surface area contributed by atoms with Gasteiger partial charge in [0.25, 0.3) is 11.8 Å². The summed E-state index contributed by atoms with van der Waals surface area (Å²) in [7, 11) is 2.99. The number of carbonyl (C=O) groups excluding carboxylic acids is 2. The van der Waals surface area contributed by atoms with Crippen LogP contribution in [0.5, 0.6) is 34.5 Å². The van der Waals surface area contributed by atoms with Crippen LogP contribution in [0, 0.1) is 0 Å². The molecule has 12 nitrogen and oxygen atoms in total. The molecular weight excluding hydrogens is 496 g/mol. The number of phenolic OH excluding ortho intramolecular Hbond substituents is 2. The summed E-state index contributed by atoms with van der Waals surface area (Å²) in [4.78, 5) is 23.9. The van der Waals surface area contributed by atoms with E-state index in [9.17, 15) is 19.8 Å². The Morgan fingerprint density at radius 2 is 1.05 bits per heavy atom. The molecule has 0 fully saturated rings. The summed E-state index contributed by atoms with van der Waals surface area (Å²) in [5.74, 6) is 0.814. The molecule has 0 saturated carbocycles. The molecule has 12 heteroatoms. The van der Waals surface area contributed by atoms with Gasteiger partial charge in [-0.2, -0.15) is 10.2 Å². The molecule has 0 saturated heterocycles. The maximum Gasteiger partial charge on any atom is 0.277 e. The topological polar surface area (TPSA) is 160 Å². The number of hydrogen-bond donors (Lipinski definition) is 4. The zero-order valence-electron chi connectivity index (χ0n) is 20.6. The van der Waals surface area contributed by atoms with Crippen molar-refractivity contribution in [1.29, 1.82) is 0 Å². The number of rotatable bonds is 12. The zero-order valence-corrected chi connectivity index (χ0v) is 20.6. The fraction of sp³-hybridized carbons (Fsp3) is 0.154. The predicted molar refractivity (Wildman–Crippen MR) is 138 cm³/mol. The second-order valence-electron chi connectivity index (χ2n) is 7.48. The van der Waals surface area contributed by atoms with Crippen LogP contribution in [0.15, 0.2) is 70.9 Å². The van der Waals surface area contributed by atoms with Crippen LogP contribution in [-0.2, 0) is 9.59 Å². The minimum atomic E-state index is -0.511. The van der Waals surface area contributed by atoms with E-state index >= 15 is 0 Å². The molecule has 0 radical (unpaired) electrons. The standard InChI is InChI=1S/C26H26N4O8/c1-35-21-7-9-23(31)17(11-21)13-27-29-25(33)15-37-19-3-5-20(6-4-19)38-16-26(34)30-28-14-18-12-22(36-2)8-10-24(18)32/h3-14,31-32H,15-16H2,1-2H3,(H,29,33)(H,30,34)/b27-13+,28-14+. The van der Waals surface area contributed by atoms with Gasteiger partial charge in [0.2, 0.25) is 0 Å². The van der Waals surface area contributed by atoms with Crippen molar-refractivity contribution in [3.63, 3.8) is 0 Å². The van der Waals surface area contributed by atoms with Gasteiger partial charge in [-0.15, -0.1) is 0 Å². The lowest BCUT2D eigenvalue weighted by atomic mass is 10.2. The van der Waals surface area contributed by atoms with Gasteiger partial charge in [0.15, 0.2) is 13.2 Å². The number of nitrogens with zero attached hydrogens (tertiary/aromatic N) is 2. The summed E-state index contributed by atoms with van der Waals surface area (Å²) in [5, 5.41) is 27.2.